The first-order valence-corrected chi connectivity index (χ1v) is 18.1. The van der Waals surface area contributed by atoms with Gasteiger partial charge in [-0.2, -0.15) is 4.57 Å². The number of nitrogens with zero attached hydrogens (tertiary/aromatic N) is 4. The Morgan fingerprint density at radius 2 is 1.08 bits per heavy atom. The molecule has 0 fully saturated rings. The monoisotopic (exact) mass is 683 g/mol. The quantitative estimate of drug-likeness (QED) is 0.137. The van der Waals surface area contributed by atoms with Crippen molar-refractivity contribution >= 4 is 75.1 Å². The molecule has 4 heterocycles. The van der Waals surface area contributed by atoms with Crippen molar-refractivity contribution in [2.45, 2.75) is 0 Å². The molecule has 11 rings (SSSR count). The van der Waals surface area contributed by atoms with Gasteiger partial charge in [-0.25, -0.2) is 15.0 Å². The van der Waals surface area contributed by atoms with Gasteiger partial charge < -0.3 is 4.42 Å². The molecule has 7 aromatic carbocycles. The number of hydrogen-bond acceptors (Lipinski definition) is 5. The van der Waals surface area contributed by atoms with Crippen LogP contribution in [0.5, 0.6) is 0 Å². The number of fused-ring (bicyclic) bond motifs is 10. The summed E-state index contributed by atoms with van der Waals surface area (Å²) < 4.78 is 11.0. The van der Waals surface area contributed by atoms with Crippen molar-refractivity contribution in [3.05, 3.63) is 164 Å². The van der Waals surface area contributed by atoms with Gasteiger partial charge in [-0.1, -0.05) is 91.0 Å². The first-order valence-electron chi connectivity index (χ1n) is 17.3. The number of thiophene rings is 1. The topological polar surface area (TPSA) is 55.7 Å². The summed E-state index contributed by atoms with van der Waals surface area (Å²) in [5.41, 5.74) is 6.70. The summed E-state index contributed by atoms with van der Waals surface area (Å²) in [5.74, 6) is 1.85. The lowest BCUT2D eigenvalue weighted by molar-refractivity contribution is -0.565. The zero-order valence-corrected chi connectivity index (χ0v) is 28.5. The van der Waals surface area contributed by atoms with Crippen molar-refractivity contribution < 1.29 is 8.98 Å². The predicted octanol–water partition coefficient (Wildman–Crippen LogP) is 11.7. The molecule has 242 valence electrons. The number of furan rings is 1. The first-order chi connectivity index (χ1) is 25.7. The van der Waals surface area contributed by atoms with Gasteiger partial charge in [-0.05, 0) is 48.5 Å². The summed E-state index contributed by atoms with van der Waals surface area (Å²) in [6.07, 6.45) is 2.25. The minimum atomic E-state index is 0.599. The smallest absolute Gasteiger partial charge is 0.219 e. The van der Waals surface area contributed by atoms with E-state index in [1.54, 1.807) is 0 Å². The molecule has 0 saturated carbocycles. The molecule has 0 atom stereocenters. The highest BCUT2D eigenvalue weighted by atomic mass is 32.1. The van der Waals surface area contributed by atoms with E-state index >= 15 is 0 Å². The third-order valence-corrected chi connectivity index (χ3v) is 11.1. The van der Waals surface area contributed by atoms with Crippen LogP contribution in [0.3, 0.4) is 0 Å². The molecule has 0 amide bonds. The Balaban J connectivity index is 1.15. The molecule has 0 aliphatic heterocycles. The van der Waals surface area contributed by atoms with Gasteiger partial charge in [0.1, 0.15) is 11.2 Å². The number of pyridine rings is 1. The highest BCUT2D eigenvalue weighted by Gasteiger charge is 2.21. The van der Waals surface area contributed by atoms with Crippen LogP contribution in [-0.2, 0) is 0 Å². The average Bonchev–Trinajstić information content (AvgIpc) is 3.78. The van der Waals surface area contributed by atoms with Crippen LogP contribution in [-0.4, -0.2) is 15.0 Å². The van der Waals surface area contributed by atoms with E-state index in [1.165, 1.54) is 36.3 Å². The van der Waals surface area contributed by atoms with E-state index in [2.05, 4.69) is 114 Å². The van der Waals surface area contributed by atoms with E-state index in [4.69, 9.17) is 19.4 Å². The molecule has 0 radical (unpaired) electrons. The maximum atomic E-state index is 6.26. The average molecular weight is 684 g/mol. The lowest BCUT2D eigenvalue weighted by Crippen LogP contribution is -2.31. The third kappa shape index (κ3) is 4.55. The number of benzene rings is 7. The van der Waals surface area contributed by atoms with Crippen LogP contribution in [0.4, 0.5) is 0 Å². The van der Waals surface area contributed by atoms with Gasteiger partial charge >= 0.3 is 0 Å². The Morgan fingerprint density at radius 3 is 1.90 bits per heavy atom. The maximum Gasteiger partial charge on any atom is 0.219 e. The van der Waals surface area contributed by atoms with Gasteiger partial charge in [0.15, 0.2) is 23.7 Å². The molecule has 0 aliphatic rings. The number of aromatic nitrogens is 4. The molecule has 0 bridgehead atoms. The summed E-state index contributed by atoms with van der Waals surface area (Å²) in [6, 6.07) is 54.9. The molecular formula is C46H27N4OS+. The van der Waals surface area contributed by atoms with Crippen LogP contribution in [0.1, 0.15) is 0 Å². The zero-order chi connectivity index (χ0) is 34.2. The largest absolute Gasteiger partial charge is 0.456 e. The molecule has 52 heavy (non-hydrogen) atoms. The van der Waals surface area contributed by atoms with E-state index in [-0.39, 0.29) is 0 Å². The summed E-state index contributed by atoms with van der Waals surface area (Å²) in [6.45, 7) is 0. The molecule has 0 N–H and O–H groups in total. The SMILES string of the molecule is c1ccc(-c2nc(-c3ccc4c(c3)oc3ccccc34)nc(-c3ccc4sc5ccc6c(c7ccccc7c[n+]6-c6ccccc6)c5c4c3)n2)cc1. The van der Waals surface area contributed by atoms with Crippen LogP contribution in [0.15, 0.2) is 168 Å². The van der Waals surface area contributed by atoms with Crippen LogP contribution < -0.4 is 4.57 Å². The predicted molar refractivity (Wildman–Crippen MR) is 213 cm³/mol. The third-order valence-electron chi connectivity index (χ3n) is 9.97. The van der Waals surface area contributed by atoms with Gasteiger partial charge in [0.25, 0.3) is 0 Å². The minimum Gasteiger partial charge on any atom is -0.456 e. The fraction of sp³-hybridized carbons (Fsp3) is 0. The molecule has 0 aliphatic carbocycles. The van der Waals surface area contributed by atoms with Crippen LogP contribution in [0, 0.1) is 0 Å². The van der Waals surface area contributed by atoms with Crippen molar-refractivity contribution in [1.82, 2.24) is 15.0 Å². The second kappa shape index (κ2) is 11.4. The number of para-hydroxylation sites is 2. The van der Waals surface area contributed by atoms with Crippen LogP contribution in [0.25, 0.3) is 104 Å². The Hall–Kier alpha value is -6.76. The molecule has 0 unspecified atom stereocenters. The Morgan fingerprint density at radius 1 is 0.442 bits per heavy atom. The van der Waals surface area contributed by atoms with Crippen LogP contribution in [0.2, 0.25) is 0 Å². The highest BCUT2D eigenvalue weighted by Crippen LogP contribution is 2.42. The van der Waals surface area contributed by atoms with Gasteiger partial charge in [-0.3, -0.25) is 0 Å². The first kappa shape index (κ1) is 29.0. The van der Waals surface area contributed by atoms with Gasteiger partial charge in [-0.15, -0.1) is 11.3 Å². The van der Waals surface area contributed by atoms with E-state index in [1.807, 2.05) is 65.9 Å². The van der Waals surface area contributed by atoms with Crippen molar-refractivity contribution in [2.75, 3.05) is 0 Å². The van der Waals surface area contributed by atoms with E-state index in [0.29, 0.717) is 17.5 Å². The van der Waals surface area contributed by atoms with E-state index in [9.17, 15) is 0 Å². The standard InChI is InChI=1S/C46H27N4OS/c1-3-11-28(12-4-1)44-47-45(49-46(48-44)30-19-21-35-34-17-9-10-18-38(34)51-39(35)26-30)29-20-23-40-36(25-29)43-41(52-40)24-22-37-42(43)33-16-8-7-13-31(33)27-50(37)32-14-5-2-6-15-32/h1-27H/q+1. The normalized spacial score (nSPS) is 11.8. The lowest BCUT2D eigenvalue weighted by Gasteiger charge is -2.09. The molecule has 4 aromatic heterocycles. The maximum absolute atomic E-state index is 6.26. The van der Waals surface area contributed by atoms with Crippen molar-refractivity contribution in [3.8, 4) is 39.9 Å². The summed E-state index contributed by atoms with van der Waals surface area (Å²) in [5, 5.41) is 8.26. The number of rotatable bonds is 4. The summed E-state index contributed by atoms with van der Waals surface area (Å²) in [4.78, 5) is 15.2. The fourth-order valence-electron chi connectivity index (χ4n) is 7.53. The summed E-state index contributed by atoms with van der Waals surface area (Å²) >= 11 is 1.82. The molecule has 5 nitrogen and oxygen atoms in total. The van der Waals surface area contributed by atoms with Crippen LogP contribution >= 0.6 is 11.3 Å². The van der Waals surface area contributed by atoms with Crippen molar-refractivity contribution in [1.29, 1.82) is 0 Å². The molecular weight excluding hydrogens is 657 g/mol. The second-order valence-electron chi connectivity index (χ2n) is 13.0. The minimum absolute atomic E-state index is 0.599. The van der Waals surface area contributed by atoms with Crippen molar-refractivity contribution in [2.24, 2.45) is 0 Å². The lowest BCUT2D eigenvalue weighted by atomic mass is 9.99. The van der Waals surface area contributed by atoms with Gasteiger partial charge in [0.2, 0.25) is 11.2 Å². The Kier molecular flexibility index (Phi) is 6.35. The molecule has 11 aromatic rings. The number of hydrogen-bond donors (Lipinski definition) is 0. The molecule has 6 heteroatoms. The van der Waals surface area contributed by atoms with E-state index < -0.39 is 0 Å². The molecule has 0 saturated heterocycles. The molecule has 0 spiro atoms. The van der Waals surface area contributed by atoms with Gasteiger partial charge in [0, 0.05) is 76.6 Å². The fourth-order valence-corrected chi connectivity index (χ4v) is 8.63. The summed E-state index contributed by atoms with van der Waals surface area (Å²) in [7, 11) is 0. The zero-order valence-electron chi connectivity index (χ0n) is 27.7. The Labute approximate surface area is 301 Å². The highest BCUT2D eigenvalue weighted by molar-refractivity contribution is 7.26. The van der Waals surface area contributed by atoms with Crippen molar-refractivity contribution in [3.63, 3.8) is 0 Å². The Bertz CT molecular complexity index is 3190. The van der Waals surface area contributed by atoms with Gasteiger partial charge in [0.05, 0.1) is 5.39 Å². The van der Waals surface area contributed by atoms with E-state index in [0.717, 1.165) is 49.8 Å². The second-order valence-corrected chi connectivity index (χ2v) is 14.1.